The molecule has 0 radical (unpaired) electrons. The van der Waals surface area contributed by atoms with Crippen LogP contribution in [0.25, 0.3) is 0 Å². The Bertz CT molecular complexity index is 459. The Hall–Kier alpha value is -1.57. The SMILES string of the molecule is CCOC1CCN(c2ccc(CN)cc2C#N)CC1. The molecule has 1 aromatic carbocycles. The summed E-state index contributed by atoms with van der Waals surface area (Å²) in [6.45, 7) is 5.18. The van der Waals surface area contributed by atoms with Gasteiger partial charge in [0, 0.05) is 26.2 Å². The topological polar surface area (TPSA) is 62.3 Å². The van der Waals surface area contributed by atoms with Crippen molar-refractivity contribution in [1.82, 2.24) is 0 Å². The molecule has 1 aromatic rings. The van der Waals surface area contributed by atoms with Crippen LogP contribution in [-0.4, -0.2) is 25.8 Å². The van der Waals surface area contributed by atoms with E-state index in [-0.39, 0.29) is 0 Å². The van der Waals surface area contributed by atoms with Gasteiger partial charge in [-0.2, -0.15) is 5.26 Å². The van der Waals surface area contributed by atoms with Crippen molar-refractivity contribution in [2.75, 3.05) is 24.6 Å². The maximum Gasteiger partial charge on any atom is 0.101 e. The van der Waals surface area contributed by atoms with E-state index < -0.39 is 0 Å². The van der Waals surface area contributed by atoms with Crippen LogP contribution < -0.4 is 10.6 Å². The number of hydrogen-bond acceptors (Lipinski definition) is 4. The quantitative estimate of drug-likeness (QED) is 0.898. The predicted octanol–water partition coefficient (Wildman–Crippen LogP) is 2.02. The van der Waals surface area contributed by atoms with Gasteiger partial charge in [-0.25, -0.2) is 0 Å². The van der Waals surface area contributed by atoms with Crippen molar-refractivity contribution in [3.8, 4) is 6.07 Å². The van der Waals surface area contributed by atoms with Crippen molar-refractivity contribution in [3.05, 3.63) is 29.3 Å². The van der Waals surface area contributed by atoms with Crippen molar-refractivity contribution >= 4 is 5.69 Å². The van der Waals surface area contributed by atoms with Gasteiger partial charge in [0.25, 0.3) is 0 Å². The summed E-state index contributed by atoms with van der Waals surface area (Å²) in [5.74, 6) is 0. The molecule has 2 rings (SSSR count). The van der Waals surface area contributed by atoms with E-state index >= 15 is 0 Å². The maximum absolute atomic E-state index is 9.26. The first-order valence-electron chi connectivity index (χ1n) is 6.88. The van der Waals surface area contributed by atoms with Crippen molar-refractivity contribution < 1.29 is 4.74 Å². The maximum atomic E-state index is 9.26. The predicted molar refractivity (Wildman–Crippen MR) is 75.9 cm³/mol. The average Bonchev–Trinajstić information content (AvgIpc) is 2.48. The van der Waals surface area contributed by atoms with E-state index in [1.54, 1.807) is 0 Å². The van der Waals surface area contributed by atoms with Crippen molar-refractivity contribution in [2.24, 2.45) is 5.73 Å². The monoisotopic (exact) mass is 259 g/mol. The highest BCUT2D eigenvalue weighted by Gasteiger charge is 2.21. The molecule has 1 heterocycles. The Labute approximate surface area is 114 Å². The lowest BCUT2D eigenvalue weighted by molar-refractivity contribution is 0.0459. The van der Waals surface area contributed by atoms with Gasteiger partial charge in [-0.1, -0.05) is 6.07 Å². The molecule has 19 heavy (non-hydrogen) atoms. The molecule has 0 spiro atoms. The Morgan fingerprint density at radius 2 is 2.16 bits per heavy atom. The largest absolute Gasteiger partial charge is 0.378 e. The summed E-state index contributed by atoms with van der Waals surface area (Å²) in [7, 11) is 0. The van der Waals surface area contributed by atoms with Crippen molar-refractivity contribution in [3.63, 3.8) is 0 Å². The fourth-order valence-electron chi connectivity index (χ4n) is 2.57. The summed E-state index contributed by atoms with van der Waals surface area (Å²) in [6, 6.07) is 8.19. The van der Waals surface area contributed by atoms with Gasteiger partial charge in [0.1, 0.15) is 6.07 Å². The van der Waals surface area contributed by atoms with Crippen molar-refractivity contribution in [1.29, 1.82) is 5.26 Å². The first-order valence-corrected chi connectivity index (χ1v) is 6.88. The highest BCUT2D eigenvalue weighted by atomic mass is 16.5. The highest BCUT2D eigenvalue weighted by molar-refractivity contribution is 5.60. The number of anilines is 1. The van der Waals surface area contributed by atoms with E-state index in [1.165, 1.54) is 0 Å². The minimum atomic E-state index is 0.370. The van der Waals surface area contributed by atoms with Crippen molar-refractivity contribution in [2.45, 2.75) is 32.4 Å². The van der Waals surface area contributed by atoms with Gasteiger partial charge in [0.05, 0.1) is 17.4 Å². The number of nitrogens with two attached hydrogens (primary N) is 1. The van der Waals surface area contributed by atoms with Gasteiger partial charge in [-0.05, 0) is 37.5 Å². The van der Waals surface area contributed by atoms with Gasteiger partial charge in [-0.3, -0.25) is 0 Å². The molecule has 0 unspecified atom stereocenters. The average molecular weight is 259 g/mol. The number of benzene rings is 1. The molecular weight excluding hydrogens is 238 g/mol. The van der Waals surface area contributed by atoms with Crippen LogP contribution in [0.5, 0.6) is 0 Å². The molecule has 0 aliphatic carbocycles. The van der Waals surface area contributed by atoms with Crippen LogP contribution in [0.2, 0.25) is 0 Å². The third-order valence-electron chi connectivity index (χ3n) is 3.60. The molecule has 4 nitrogen and oxygen atoms in total. The van der Waals surface area contributed by atoms with E-state index in [9.17, 15) is 5.26 Å². The van der Waals surface area contributed by atoms with E-state index in [0.29, 0.717) is 12.6 Å². The number of piperidine rings is 1. The second-order valence-electron chi connectivity index (χ2n) is 4.81. The Balaban J connectivity index is 2.09. The lowest BCUT2D eigenvalue weighted by Crippen LogP contribution is -2.37. The molecule has 0 aromatic heterocycles. The molecular formula is C15H21N3O. The Kier molecular flexibility index (Phi) is 4.78. The van der Waals surface area contributed by atoms with Gasteiger partial charge in [0.2, 0.25) is 0 Å². The zero-order valence-corrected chi connectivity index (χ0v) is 11.4. The second kappa shape index (κ2) is 6.55. The Morgan fingerprint density at radius 3 is 2.74 bits per heavy atom. The van der Waals surface area contributed by atoms with Gasteiger partial charge >= 0.3 is 0 Å². The molecule has 1 aliphatic heterocycles. The van der Waals surface area contributed by atoms with Gasteiger partial charge in [-0.15, -0.1) is 0 Å². The number of nitriles is 1. The zero-order chi connectivity index (χ0) is 13.7. The molecule has 0 bridgehead atoms. The number of nitrogens with zero attached hydrogens (tertiary/aromatic N) is 2. The Morgan fingerprint density at radius 1 is 1.42 bits per heavy atom. The van der Waals surface area contributed by atoms with E-state index in [2.05, 4.69) is 11.0 Å². The van der Waals surface area contributed by atoms with Crippen LogP contribution in [0, 0.1) is 11.3 Å². The first-order chi connectivity index (χ1) is 9.28. The third-order valence-corrected chi connectivity index (χ3v) is 3.60. The van der Waals surface area contributed by atoms with Crippen LogP contribution in [0.1, 0.15) is 30.9 Å². The molecule has 1 aliphatic rings. The molecule has 102 valence electrons. The molecule has 0 atom stereocenters. The lowest BCUT2D eigenvalue weighted by atomic mass is 10.0. The van der Waals surface area contributed by atoms with Crippen LogP contribution in [0.3, 0.4) is 0 Å². The summed E-state index contributed by atoms with van der Waals surface area (Å²) < 4.78 is 5.65. The zero-order valence-electron chi connectivity index (χ0n) is 11.4. The van der Waals surface area contributed by atoms with Crippen LogP contribution in [0.4, 0.5) is 5.69 Å². The molecule has 0 amide bonds. The third kappa shape index (κ3) is 3.25. The molecule has 0 saturated carbocycles. The van der Waals surface area contributed by atoms with E-state index in [0.717, 1.165) is 49.4 Å². The smallest absolute Gasteiger partial charge is 0.101 e. The fourth-order valence-corrected chi connectivity index (χ4v) is 2.57. The first kappa shape index (κ1) is 13.9. The van der Waals surface area contributed by atoms with Gasteiger partial charge in [0.15, 0.2) is 0 Å². The van der Waals surface area contributed by atoms with Crippen LogP contribution >= 0.6 is 0 Å². The number of hydrogen-bond donors (Lipinski definition) is 1. The van der Waals surface area contributed by atoms with E-state index in [4.69, 9.17) is 10.5 Å². The summed E-state index contributed by atoms with van der Waals surface area (Å²) in [5.41, 5.74) is 8.36. The molecule has 1 fully saturated rings. The molecule has 4 heteroatoms. The normalized spacial score (nSPS) is 16.4. The standard InChI is InChI=1S/C15H21N3O/c1-2-19-14-5-7-18(8-6-14)15-4-3-12(10-16)9-13(15)11-17/h3-4,9,14H,2,5-8,10,16H2,1H3. The second-order valence-corrected chi connectivity index (χ2v) is 4.81. The fraction of sp³-hybridized carbons (Fsp3) is 0.533. The summed E-state index contributed by atoms with van der Waals surface area (Å²) in [5, 5.41) is 9.26. The highest BCUT2D eigenvalue weighted by Crippen LogP contribution is 2.25. The molecule has 1 saturated heterocycles. The van der Waals surface area contributed by atoms with Crippen LogP contribution in [-0.2, 0) is 11.3 Å². The summed E-state index contributed by atoms with van der Waals surface area (Å²) >= 11 is 0. The number of rotatable bonds is 4. The molecule has 2 N–H and O–H groups in total. The minimum absolute atomic E-state index is 0.370. The van der Waals surface area contributed by atoms with E-state index in [1.807, 2.05) is 25.1 Å². The summed E-state index contributed by atoms with van der Waals surface area (Å²) in [4.78, 5) is 2.27. The summed E-state index contributed by atoms with van der Waals surface area (Å²) in [6.07, 6.45) is 2.42. The van der Waals surface area contributed by atoms with Crippen LogP contribution in [0.15, 0.2) is 18.2 Å². The minimum Gasteiger partial charge on any atom is -0.378 e. The van der Waals surface area contributed by atoms with Gasteiger partial charge < -0.3 is 15.4 Å². The number of ether oxygens (including phenoxy) is 1. The lowest BCUT2D eigenvalue weighted by Gasteiger charge is -2.34.